The molecule has 8 nitrogen and oxygen atoms in total. The van der Waals surface area contributed by atoms with Gasteiger partial charge >= 0.3 is 5.69 Å². The lowest BCUT2D eigenvalue weighted by atomic mass is 10.4. The van der Waals surface area contributed by atoms with Crippen molar-refractivity contribution >= 4 is 22.5 Å². The first-order valence-corrected chi connectivity index (χ1v) is 10.1. The Labute approximate surface area is 160 Å². The van der Waals surface area contributed by atoms with E-state index in [-0.39, 0.29) is 5.56 Å². The van der Waals surface area contributed by atoms with Crippen LogP contribution in [-0.2, 0) is 17.8 Å². The van der Waals surface area contributed by atoms with Gasteiger partial charge in [0.15, 0.2) is 17.0 Å². The summed E-state index contributed by atoms with van der Waals surface area (Å²) >= 11 is 1.58. The average molecular weight is 389 g/mol. The van der Waals surface area contributed by atoms with Gasteiger partial charge in [-0.05, 0) is 17.9 Å². The fourth-order valence-electron chi connectivity index (χ4n) is 3.48. The fourth-order valence-corrected chi connectivity index (χ4v) is 4.20. The van der Waals surface area contributed by atoms with Gasteiger partial charge in [0.2, 0.25) is 0 Å². The number of rotatable bonds is 6. The van der Waals surface area contributed by atoms with Gasteiger partial charge in [0.25, 0.3) is 5.56 Å². The number of imidazole rings is 1. The quantitative estimate of drug-likeness (QED) is 0.688. The van der Waals surface area contributed by atoms with Crippen LogP contribution in [0.3, 0.4) is 0 Å². The number of hydrogen-bond donors (Lipinski definition) is 1. The van der Waals surface area contributed by atoms with Gasteiger partial charge in [0, 0.05) is 32.7 Å². The first kappa shape index (κ1) is 18.1. The third kappa shape index (κ3) is 3.50. The highest BCUT2D eigenvalue weighted by atomic mass is 32.1. The molecule has 3 aromatic rings. The molecule has 0 bridgehead atoms. The van der Waals surface area contributed by atoms with E-state index in [1.54, 1.807) is 15.9 Å². The van der Waals surface area contributed by atoms with Crippen molar-refractivity contribution in [1.29, 1.82) is 0 Å². The molecule has 0 radical (unpaired) electrons. The highest BCUT2D eigenvalue weighted by molar-refractivity contribution is 7.13. The molecule has 0 aromatic carbocycles. The molecule has 4 heterocycles. The maximum absolute atomic E-state index is 12.7. The molecule has 4 rings (SSSR count). The van der Waals surface area contributed by atoms with Crippen molar-refractivity contribution in [2.24, 2.45) is 0 Å². The Bertz CT molecular complexity index is 1030. The maximum atomic E-state index is 12.7. The van der Waals surface area contributed by atoms with Gasteiger partial charge in [-0.2, -0.15) is 0 Å². The molecule has 3 aromatic heterocycles. The molecule has 1 aliphatic rings. The van der Waals surface area contributed by atoms with E-state index in [0.29, 0.717) is 24.3 Å². The Morgan fingerprint density at radius 1 is 1.19 bits per heavy atom. The van der Waals surface area contributed by atoms with Crippen LogP contribution in [0, 0.1) is 0 Å². The summed E-state index contributed by atoms with van der Waals surface area (Å²) in [6.07, 6.45) is 0.788. The van der Waals surface area contributed by atoms with Gasteiger partial charge in [-0.3, -0.25) is 19.2 Å². The second kappa shape index (κ2) is 7.79. The van der Waals surface area contributed by atoms with Gasteiger partial charge < -0.3 is 9.30 Å². The summed E-state index contributed by atoms with van der Waals surface area (Å²) in [7, 11) is 0. The summed E-state index contributed by atoms with van der Waals surface area (Å²) in [6.45, 7) is 7.21. The lowest BCUT2D eigenvalue weighted by Crippen LogP contribution is -2.38. The van der Waals surface area contributed by atoms with Crippen LogP contribution in [0.4, 0.5) is 0 Å². The molecule has 9 heteroatoms. The molecule has 27 heavy (non-hydrogen) atoms. The van der Waals surface area contributed by atoms with Gasteiger partial charge in [0.05, 0.1) is 18.1 Å². The van der Waals surface area contributed by atoms with Crippen molar-refractivity contribution in [3.05, 3.63) is 38.4 Å². The van der Waals surface area contributed by atoms with E-state index in [2.05, 4.69) is 9.88 Å². The van der Waals surface area contributed by atoms with Crippen LogP contribution in [0.2, 0.25) is 0 Å². The molecular formula is C18H23N5O3S. The van der Waals surface area contributed by atoms with Gasteiger partial charge in [-0.25, -0.2) is 9.78 Å². The monoisotopic (exact) mass is 389 g/mol. The van der Waals surface area contributed by atoms with E-state index in [0.717, 1.165) is 50.0 Å². The van der Waals surface area contributed by atoms with Crippen LogP contribution in [0.1, 0.15) is 13.3 Å². The second-order valence-corrected chi connectivity index (χ2v) is 7.55. The Balaban J connectivity index is 1.83. The SMILES string of the molecule is CCCn1c(=O)[nH]c(=O)c2c1nc(-c1cccs1)n2CCN1CCOCC1. The molecule has 0 aliphatic carbocycles. The number of thiophene rings is 1. The zero-order valence-corrected chi connectivity index (χ0v) is 16.1. The molecule has 1 fully saturated rings. The number of H-pyrrole nitrogens is 1. The predicted octanol–water partition coefficient (Wildman–Crippen LogP) is 1.36. The Hall–Kier alpha value is -2.23. The number of aryl methyl sites for hydroxylation is 1. The number of nitrogens with zero attached hydrogens (tertiary/aromatic N) is 4. The predicted molar refractivity (Wildman–Crippen MR) is 105 cm³/mol. The van der Waals surface area contributed by atoms with Gasteiger partial charge in [-0.15, -0.1) is 11.3 Å². The minimum absolute atomic E-state index is 0.375. The number of aromatic amines is 1. The van der Waals surface area contributed by atoms with Crippen molar-refractivity contribution in [2.45, 2.75) is 26.4 Å². The van der Waals surface area contributed by atoms with Crippen LogP contribution >= 0.6 is 11.3 Å². The normalized spacial score (nSPS) is 15.6. The third-order valence-electron chi connectivity index (χ3n) is 4.82. The topological polar surface area (TPSA) is 85.2 Å². The van der Waals surface area contributed by atoms with E-state index >= 15 is 0 Å². The summed E-state index contributed by atoms with van der Waals surface area (Å²) in [5, 5.41) is 1.99. The molecule has 0 saturated carbocycles. The fraction of sp³-hybridized carbons (Fsp3) is 0.500. The number of aromatic nitrogens is 4. The molecule has 1 aliphatic heterocycles. The number of fused-ring (bicyclic) bond motifs is 1. The number of morpholine rings is 1. The molecular weight excluding hydrogens is 366 g/mol. The number of nitrogens with one attached hydrogen (secondary N) is 1. The van der Waals surface area contributed by atoms with Gasteiger partial charge in [-0.1, -0.05) is 13.0 Å². The Morgan fingerprint density at radius 2 is 2.00 bits per heavy atom. The minimum Gasteiger partial charge on any atom is -0.379 e. The standard InChI is InChI=1S/C18H23N5O3S/c1-2-5-23-16-14(17(24)20-18(23)25)22(7-6-21-8-10-26-11-9-21)15(19-16)13-4-3-12-27-13/h3-4,12H,2,5-11H2,1H3,(H,20,24,25). The maximum Gasteiger partial charge on any atom is 0.330 e. The summed E-state index contributed by atoms with van der Waals surface area (Å²) in [6, 6.07) is 3.96. The molecule has 1 saturated heterocycles. The van der Waals surface area contributed by atoms with Gasteiger partial charge in [0.1, 0.15) is 0 Å². The zero-order chi connectivity index (χ0) is 18.8. The van der Waals surface area contributed by atoms with E-state index in [4.69, 9.17) is 9.72 Å². The van der Waals surface area contributed by atoms with E-state index in [1.165, 1.54) is 0 Å². The lowest BCUT2D eigenvalue weighted by Gasteiger charge is -2.26. The number of ether oxygens (including phenoxy) is 1. The molecule has 1 N–H and O–H groups in total. The summed E-state index contributed by atoms with van der Waals surface area (Å²) in [5.41, 5.74) is 0.167. The summed E-state index contributed by atoms with van der Waals surface area (Å²) < 4.78 is 8.94. The average Bonchev–Trinajstić information content (AvgIpc) is 3.32. The highest BCUT2D eigenvalue weighted by Crippen LogP contribution is 2.26. The van der Waals surface area contributed by atoms with Crippen LogP contribution in [-0.4, -0.2) is 56.9 Å². The molecule has 0 unspecified atom stereocenters. The van der Waals surface area contributed by atoms with Crippen molar-refractivity contribution in [1.82, 2.24) is 24.0 Å². The van der Waals surface area contributed by atoms with E-state index < -0.39 is 5.69 Å². The van der Waals surface area contributed by atoms with Crippen LogP contribution < -0.4 is 11.2 Å². The van der Waals surface area contributed by atoms with E-state index in [1.807, 2.05) is 29.0 Å². The first-order chi connectivity index (χ1) is 13.2. The zero-order valence-electron chi connectivity index (χ0n) is 15.3. The Kier molecular flexibility index (Phi) is 5.24. The van der Waals surface area contributed by atoms with Crippen LogP contribution in [0.5, 0.6) is 0 Å². The van der Waals surface area contributed by atoms with Crippen molar-refractivity contribution < 1.29 is 4.74 Å². The first-order valence-electron chi connectivity index (χ1n) is 9.26. The van der Waals surface area contributed by atoms with Crippen molar-refractivity contribution in [3.63, 3.8) is 0 Å². The number of hydrogen-bond acceptors (Lipinski definition) is 6. The summed E-state index contributed by atoms with van der Waals surface area (Å²) in [5.74, 6) is 0.745. The Morgan fingerprint density at radius 3 is 2.70 bits per heavy atom. The van der Waals surface area contributed by atoms with Crippen LogP contribution in [0.15, 0.2) is 27.1 Å². The third-order valence-corrected chi connectivity index (χ3v) is 5.68. The molecule has 0 atom stereocenters. The minimum atomic E-state index is -0.398. The summed E-state index contributed by atoms with van der Waals surface area (Å²) in [4.78, 5) is 35.5. The largest absolute Gasteiger partial charge is 0.379 e. The second-order valence-electron chi connectivity index (χ2n) is 6.60. The van der Waals surface area contributed by atoms with E-state index in [9.17, 15) is 9.59 Å². The van der Waals surface area contributed by atoms with Crippen molar-refractivity contribution in [2.75, 3.05) is 32.8 Å². The van der Waals surface area contributed by atoms with Crippen LogP contribution in [0.25, 0.3) is 21.9 Å². The van der Waals surface area contributed by atoms with Crippen molar-refractivity contribution in [3.8, 4) is 10.7 Å². The lowest BCUT2D eigenvalue weighted by molar-refractivity contribution is 0.0366. The molecule has 0 amide bonds. The highest BCUT2D eigenvalue weighted by Gasteiger charge is 2.21. The smallest absolute Gasteiger partial charge is 0.330 e. The molecule has 0 spiro atoms. The molecule has 144 valence electrons.